The van der Waals surface area contributed by atoms with Gasteiger partial charge in [0.25, 0.3) is 0 Å². The topological polar surface area (TPSA) is 33.6 Å². The van der Waals surface area contributed by atoms with E-state index in [0.717, 1.165) is 34.0 Å². The van der Waals surface area contributed by atoms with Gasteiger partial charge in [-0.15, -0.1) is 0 Å². The minimum atomic E-state index is 0.607. The van der Waals surface area contributed by atoms with Gasteiger partial charge < -0.3 is 10.1 Å². The molecule has 2 rings (SSSR count). The Kier molecular flexibility index (Phi) is 6.24. The van der Waals surface area contributed by atoms with Gasteiger partial charge in [-0.2, -0.15) is 0 Å². The van der Waals surface area contributed by atoms with Crippen LogP contribution in [0.3, 0.4) is 0 Å². The first-order valence-corrected chi connectivity index (χ1v) is 8.71. The van der Waals surface area contributed by atoms with Crippen LogP contribution >= 0.6 is 23.4 Å². The molecule has 1 aliphatic heterocycles. The molecule has 0 aliphatic carbocycles. The second kappa shape index (κ2) is 7.95. The maximum atomic E-state index is 6.25. The molecule has 116 valence electrons. The number of aliphatic imine (C=N–C) groups is 1. The molecule has 0 spiro atoms. The average molecular weight is 327 g/mol. The molecule has 0 saturated heterocycles. The van der Waals surface area contributed by atoms with E-state index < -0.39 is 0 Å². The van der Waals surface area contributed by atoms with Crippen LogP contribution in [0.5, 0.6) is 5.75 Å². The molecule has 0 saturated carbocycles. The number of halogens is 1. The molecule has 0 radical (unpaired) electrons. The Morgan fingerprint density at radius 1 is 1.43 bits per heavy atom. The SMILES string of the molecule is CCC(CC)C1CN=C(NCc2c(Cl)cccc2OC)S1. The van der Waals surface area contributed by atoms with Crippen molar-refractivity contribution >= 4 is 28.5 Å². The molecule has 1 aromatic rings. The van der Waals surface area contributed by atoms with Gasteiger partial charge in [-0.1, -0.05) is 56.1 Å². The summed E-state index contributed by atoms with van der Waals surface area (Å²) < 4.78 is 5.36. The van der Waals surface area contributed by atoms with E-state index in [-0.39, 0.29) is 0 Å². The number of nitrogens with one attached hydrogen (secondary N) is 1. The molecule has 3 nitrogen and oxygen atoms in total. The number of amidine groups is 1. The summed E-state index contributed by atoms with van der Waals surface area (Å²) >= 11 is 8.11. The quantitative estimate of drug-likeness (QED) is 0.844. The first kappa shape index (κ1) is 16.5. The smallest absolute Gasteiger partial charge is 0.157 e. The van der Waals surface area contributed by atoms with E-state index in [2.05, 4.69) is 24.2 Å². The van der Waals surface area contributed by atoms with Crippen LogP contribution in [-0.4, -0.2) is 24.1 Å². The zero-order chi connectivity index (χ0) is 15.2. The summed E-state index contributed by atoms with van der Waals surface area (Å²) in [5.41, 5.74) is 0.982. The molecule has 1 atom stereocenters. The Bertz CT molecular complexity index is 503. The van der Waals surface area contributed by atoms with Gasteiger partial charge in [0.1, 0.15) is 5.75 Å². The number of methoxy groups -OCH3 is 1. The predicted octanol–water partition coefficient (Wildman–Crippen LogP) is 4.35. The fourth-order valence-electron chi connectivity index (χ4n) is 2.61. The maximum absolute atomic E-state index is 6.25. The molecule has 21 heavy (non-hydrogen) atoms. The summed E-state index contributed by atoms with van der Waals surface area (Å²) in [5.74, 6) is 1.56. The highest BCUT2D eigenvalue weighted by molar-refractivity contribution is 8.14. The van der Waals surface area contributed by atoms with Crippen LogP contribution in [0.1, 0.15) is 32.3 Å². The van der Waals surface area contributed by atoms with Crippen LogP contribution < -0.4 is 10.1 Å². The lowest BCUT2D eigenvalue weighted by molar-refractivity contribution is 0.409. The Hall–Kier alpha value is -0.870. The molecule has 1 heterocycles. The highest BCUT2D eigenvalue weighted by atomic mass is 35.5. The van der Waals surface area contributed by atoms with Crippen molar-refractivity contribution in [1.82, 2.24) is 5.32 Å². The maximum Gasteiger partial charge on any atom is 0.157 e. The number of rotatable bonds is 6. The Labute approximate surface area is 136 Å². The molecule has 1 unspecified atom stereocenters. The molecule has 1 N–H and O–H groups in total. The Balaban J connectivity index is 1.93. The van der Waals surface area contributed by atoms with Gasteiger partial charge in [-0.25, -0.2) is 0 Å². The van der Waals surface area contributed by atoms with Crippen molar-refractivity contribution in [2.24, 2.45) is 10.9 Å². The zero-order valence-electron chi connectivity index (χ0n) is 12.9. The van der Waals surface area contributed by atoms with Gasteiger partial charge in [-0.3, -0.25) is 4.99 Å². The third kappa shape index (κ3) is 4.07. The second-order valence-corrected chi connectivity index (χ2v) is 6.79. The van der Waals surface area contributed by atoms with Crippen LogP contribution in [0, 0.1) is 5.92 Å². The van der Waals surface area contributed by atoms with E-state index in [4.69, 9.17) is 16.3 Å². The summed E-state index contributed by atoms with van der Waals surface area (Å²) in [5, 5.41) is 5.75. The molecule has 1 aromatic carbocycles. The molecular weight excluding hydrogens is 304 g/mol. The molecule has 1 aliphatic rings. The number of benzene rings is 1. The van der Waals surface area contributed by atoms with E-state index in [1.165, 1.54) is 12.8 Å². The van der Waals surface area contributed by atoms with E-state index in [9.17, 15) is 0 Å². The lowest BCUT2D eigenvalue weighted by Gasteiger charge is -2.18. The molecule has 0 bridgehead atoms. The molecule has 0 amide bonds. The molecule has 0 fully saturated rings. The third-order valence-electron chi connectivity index (χ3n) is 3.96. The number of nitrogens with zero attached hydrogens (tertiary/aromatic N) is 1. The van der Waals surface area contributed by atoms with Crippen molar-refractivity contribution in [3.05, 3.63) is 28.8 Å². The summed E-state index contributed by atoms with van der Waals surface area (Å²) in [6, 6.07) is 5.72. The summed E-state index contributed by atoms with van der Waals surface area (Å²) in [4.78, 5) is 4.62. The van der Waals surface area contributed by atoms with Crippen molar-refractivity contribution < 1.29 is 4.74 Å². The standard InChI is InChI=1S/C16H23ClN2OS/c1-4-11(5-2)15-10-19-16(21-15)18-9-12-13(17)7-6-8-14(12)20-3/h6-8,11,15H,4-5,9-10H2,1-3H3,(H,18,19). The van der Waals surface area contributed by atoms with Crippen LogP contribution in [0.15, 0.2) is 23.2 Å². The van der Waals surface area contributed by atoms with Crippen LogP contribution in [0.25, 0.3) is 0 Å². The summed E-state index contributed by atoms with van der Waals surface area (Å²) in [6.07, 6.45) is 2.44. The molecule has 5 heteroatoms. The van der Waals surface area contributed by atoms with Crippen molar-refractivity contribution in [3.63, 3.8) is 0 Å². The number of ether oxygens (including phenoxy) is 1. The fourth-order valence-corrected chi connectivity index (χ4v) is 4.16. The lowest BCUT2D eigenvalue weighted by atomic mass is 9.99. The lowest BCUT2D eigenvalue weighted by Crippen LogP contribution is -2.21. The van der Waals surface area contributed by atoms with Crippen molar-refractivity contribution in [2.45, 2.75) is 38.5 Å². The Morgan fingerprint density at radius 3 is 2.86 bits per heavy atom. The normalized spacial score (nSPS) is 18.0. The number of thioether (sulfide) groups is 1. The van der Waals surface area contributed by atoms with E-state index in [1.54, 1.807) is 7.11 Å². The van der Waals surface area contributed by atoms with Gasteiger partial charge >= 0.3 is 0 Å². The number of hydrogen-bond acceptors (Lipinski definition) is 4. The van der Waals surface area contributed by atoms with Gasteiger partial charge in [0.15, 0.2) is 5.17 Å². The van der Waals surface area contributed by atoms with Crippen LogP contribution in [0.2, 0.25) is 5.02 Å². The monoisotopic (exact) mass is 326 g/mol. The van der Waals surface area contributed by atoms with E-state index in [0.29, 0.717) is 11.8 Å². The fraction of sp³-hybridized carbons (Fsp3) is 0.562. The zero-order valence-corrected chi connectivity index (χ0v) is 14.4. The minimum absolute atomic E-state index is 0.607. The third-order valence-corrected chi connectivity index (χ3v) is 5.65. The first-order chi connectivity index (χ1) is 10.2. The first-order valence-electron chi connectivity index (χ1n) is 7.45. The van der Waals surface area contributed by atoms with Crippen LogP contribution in [-0.2, 0) is 6.54 Å². The van der Waals surface area contributed by atoms with E-state index >= 15 is 0 Å². The van der Waals surface area contributed by atoms with Crippen LogP contribution in [0.4, 0.5) is 0 Å². The van der Waals surface area contributed by atoms with E-state index in [1.807, 2.05) is 30.0 Å². The summed E-state index contributed by atoms with van der Waals surface area (Å²) in [7, 11) is 1.67. The summed E-state index contributed by atoms with van der Waals surface area (Å²) in [6.45, 7) is 6.08. The van der Waals surface area contributed by atoms with Crippen molar-refractivity contribution in [3.8, 4) is 5.75 Å². The van der Waals surface area contributed by atoms with Gasteiger partial charge in [0, 0.05) is 22.4 Å². The molecule has 0 aromatic heterocycles. The highest BCUT2D eigenvalue weighted by Gasteiger charge is 2.25. The highest BCUT2D eigenvalue weighted by Crippen LogP contribution is 2.31. The van der Waals surface area contributed by atoms with Crippen molar-refractivity contribution in [2.75, 3.05) is 13.7 Å². The Morgan fingerprint density at radius 2 is 2.19 bits per heavy atom. The minimum Gasteiger partial charge on any atom is -0.496 e. The largest absolute Gasteiger partial charge is 0.496 e. The van der Waals surface area contributed by atoms with Gasteiger partial charge in [0.05, 0.1) is 13.7 Å². The van der Waals surface area contributed by atoms with Gasteiger partial charge in [-0.05, 0) is 18.1 Å². The van der Waals surface area contributed by atoms with Gasteiger partial charge in [0.2, 0.25) is 0 Å². The van der Waals surface area contributed by atoms with Crippen molar-refractivity contribution in [1.29, 1.82) is 0 Å². The predicted molar refractivity (Wildman–Crippen MR) is 92.6 cm³/mol. The second-order valence-electron chi connectivity index (χ2n) is 5.15. The molecular formula is C16H23ClN2OS. The average Bonchev–Trinajstić information content (AvgIpc) is 2.96. The number of hydrogen-bond donors (Lipinski definition) is 1.